The van der Waals surface area contributed by atoms with Crippen molar-refractivity contribution in [1.29, 1.82) is 0 Å². The molecule has 2 atom stereocenters. The van der Waals surface area contributed by atoms with Gasteiger partial charge in [0.2, 0.25) is 5.91 Å². The van der Waals surface area contributed by atoms with Gasteiger partial charge in [-0.2, -0.15) is 0 Å². The van der Waals surface area contributed by atoms with Gasteiger partial charge >= 0.3 is 0 Å². The summed E-state index contributed by atoms with van der Waals surface area (Å²) in [4.78, 5) is 13.9. The molecule has 1 saturated heterocycles. The molecule has 1 aromatic heterocycles. The fraction of sp³-hybridized carbons (Fsp3) is 0.538. The average Bonchev–Trinajstić information content (AvgIpc) is 2.96. The molecule has 1 aromatic rings. The van der Waals surface area contributed by atoms with E-state index in [4.69, 9.17) is 16.7 Å². The first-order valence-electron chi connectivity index (χ1n) is 6.06. The maximum atomic E-state index is 12.2. The number of terminal acetylenes is 1. The van der Waals surface area contributed by atoms with Gasteiger partial charge in [-0.1, -0.05) is 5.16 Å². The standard InChI is InChI=1S/C13H17N3O2/c1-3-5-10(14)13(17)16-7-4-6-11(16)12-8-9(2)15-18-12/h1,8,10-11H,4-7,14H2,2H3. The van der Waals surface area contributed by atoms with Gasteiger partial charge in [-0.3, -0.25) is 4.79 Å². The first-order valence-corrected chi connectivity index (χ1v) is 6.06. The number of hydrogen-bond acceptors (Lipinski definition) is 4. The minimum Gasteiger partial charge on any atom is -0.359 e. The lowest BCUT2D eigenvalue weighted by Gasteiger charge is -2.25. The zero-order chi connectivity index (χ0) is 13.1. The van der Waals surface area contributed by atoms with E-state index in [0.717, 1.165) is 24.3 Å². The van der Waals surface area contributed by atoms with Crippen LogP contribution in [-0.2, 0) is 4.79 Å². The summed E-state index contributed by atoms with van der Waals surface area (Å²) in [6, 6.07) is 1.19. The van der Waals surface area contributed by atoms with E-state index in [-0.39, 0.29) is 18.4 Å². The Bertz CT molecular complexity index is 475. The Balaban J connectivity index is 2.13. The summed E-state index contributed by atoms with van der Waals surface area (Å²) in [5, 5.41) is 3.86. The summed E-state index contributed by atoms with van der Waals surface area (Å²) >= 11 is 0. The third-order valence-corrected chi connectivity index (χ3v) is 3.17. The Labute approximate surface area is 106 Å². The lowest BCUT2D eigenvalue weighted by atomic mass is 10.1. The van der Waals surface area contributed by atoms with Crippen LogP contribution in [-0.4, -0.2) is 28.6 Å². The highest BCUT2D eigenvalue weighted by Crippen LogP contribution is 2.32. The zero-order valence-corrected chi connectivity index (χ0v) is 10.4. The Hall–Kier alpha value is -1.80. The maximum absolute atomic E-state index is 12.2. The molecule has 0 aromatic carbocycles. The first kappa shape index (κ1) is 12.7. The van der Waals surface area contributed by atoms with E-state index >= 15 is 0 Å². The highest BCUT2D eigenvalue weighted by Gasteiger charge is 2.34. The van der Waals surface area contributed by atoms with Crippen molar-refractivity contribution in [2.45, 2.75) is 38.3 Å². The van der Waals surface area contributed by atoms with Crippen LogP contribution >= 0.6 is 0 Å². The van der Waals surface area contributed by atoms with Crippen molar-refractivity contribution in [2.24, 2.45) is 5.73 Å². The van der Waals surface area contributed by atoms with Crippen LogP contribution in [0.4, 0.5) is 0 Å². The zero-order valence-electron chi connectivity index (χ0n) is 10.4. The molecule has 0 bridgehead atoms. The lowest BCUT2D eigenvalue weighted by molar-refractivity contribution is -0.133. The van der Waals surface area contributed by atoms with Gasteiger partial charge < -0.3 is 15.2 Å². The number of rotatable bonds is 3. The van der Waals surface area contributed by atoms with Crippen LogP contribution in [0, 0.1) is 19.3 Å². The van der Waals surface area contributed by atoms with Gasteiger partial charge in [0, 0.05) is 19.0 Å². The quantitative estimate of drug-likeness (QED) is 0.809. The van der Waals surface area contributed by atoms with Crippen LogP contribution in [0.15, 0.2) is 10.6 Å². The molecule has 0 aliphatic carbocycles. The molecule has 2 N–H and O–H groups in total. The Kier molecular flexibility index (Phi) is 3.68. The average molecular weight is 247 g/mol. The largest absolute Gasteiger partial charge is 0.359 e. The molecule has 5 nitrogen and oxygen atoms in total. The molecule has 1 amide bonds. The molecular formula is C13H17N3O2. The molecule has 2 heterocycles. The Morgan fingerprint density at radius 1 is 1.83 bits per heavy atom. The monoisotopic (exact) mass is 247 g/mol. The number of aromatic nitrogens is 1. The van der Waals surface area contributed by atoms with Gasteiger partial charge in [-0.25, -0.2) is 0 Å². The molecule has 0 spiro atoms. The number of nitrogens with zero attached hydrogens (tertiary/aromatic N) is 2. The number of hydrogen-bond donors (Lipinski definition) is 1. The third kappa shape index (κ3) is 2.39. The predicted octanol–water partition coefficient (Wildman–Crippen LogP) is 0.997. The van der Waals surface area contributed by atoms with Crippen molar-refractivity contribution >= 4 is 5.91 Å². The van der Waals surface area contributed by atoms with Crippen molar-refractivity contribution < 1.29 is 9.32 Å². The van der Waals surface area contributed by atoms with Crippen molar-refractivity contribution in [2.75, 3.05) is 6.54 Å². The normalized spacial score (nSPS) is 20.7. The second kappa shape index (κ2) is 5.23. The van der Waals surface area contributed by atoms with Crippen molar-refractivity contribution in [1.82, 2.24) is 10.1 Å². The van der Waals surface area contributed by atoms with E-state index in [0.29, 0.717) is 6.54 Å². The van der Waals surface area contributed by atoms with Crippen LogP contribution in [0.5, 0.6) is 0 Å². The molecule has 1 aliphatic heterocycles. The fourth-order valence-corrected chi connectivity index (χ4v) is 2.29. The van der Waals surface area contributed by atoms with Gasteiger partial charge in [0.1, 0.15) is 0 Å². The van der Waals surface area contributed by atoms with E-state index in [1.54, 1.807) is 4.90 Å². The van der Waals surface area contributed by atoms with Gasteiger partial charge in [0.25, 0.3) is 0 Å². The molecule has 5 heteroatoms. The number of likely N-dealkylation sites (tertiary alicyclic amines) is 1. The summed E-state index contributed by atoms with van der Waals surface area (Å²) in [6.07, 6.45) is 7.27. The van der Waals surface area contributed by atoms with E-state index in [2.05, 4.69) is 11.1 Å². The number of nitrogens with two attached hydrogens (primary N) is 1. The summed E-state index contributed by atoms with van der Waals surface area (Å²) in [5.41, 5.74) is 6.59. The van der Waals surface area contributed by atoms with Gasteiger partial charge in [0.15, 0.2) is 5.76 Å². The molecule has 2 unspecified atom stereocenters. The Morgan fingerprint density at radius 3 is 3.22 bits per heavy atom. The van der Waals surface area contributed by atoms with E-state index < -0.39 is 6.04 Å². The summed E-state index contributed by atoms with van der Waals surface area (Å²) < 4.78 is 5.24. The summed E-state index contributed by atoms with van der Waals surface area (Å²) in [7, 11) is 0. The molecule has 1 aliphatic rings. The van der Waals surface area contributed by atoms with Crippen LogP contribution in [0.3, 0.4) is 0 Å². The predicted molar refractivity (Wildman–Crippen MR) is 66.4 cm³/mol. The highest BCUT2D eigenvalue weighted by atomic mass is 16.5. The van der Waals surface area contributed by atoms with E-state index in [1.165, 1.54) is 0 Å². The number of carbonyl (C=O) groups excluding carboxylic acids is 1. The van der Waals surface area contributed by atoms with Crippen LogP contribution in [0.2, 0.25) is 0 Å². The highest BCUT2D eigenvalue weighted by molar-refractivity contribution is 5.82. The van der Waals surface area contributed by atoms with Crippen molar-refractivity contribution in [3.8, 4) is 12.3 Å². The van der Waals surface area contributed by atoms with E-state index in [9.17, 15) is 4.79 Å². The van der Waals surface area contributed by atoms with Gasteiger partial charge in [-0.05, 0) is 19.8 Å². The van der Waals surface area contributed by atoms with Crippen molar-refractivity contribution in [3.63, 3.8) is 0 Å². The van der Waals surface area contributed by atoms with E-state index in [1.807, 2.05) is 13.0 Å². The molecule has 96 valence electrons. The molecule has 1 fully saturated rings. The number of amides is 1. The van der Waals surface area contributed by atoms with Gasteiger partial charge in [-0.15, -0.1) is 12.3 Å². The Morgan fingerprint density at radius 2 is 2.61 bits per heavy atom. The van der Waals surface area contributed by atoms with Crippen molar-refractivity contribution in [3.05, 3.63) is 17.5 Å². The lowest BCUT2D eigenvalue weighted by Crippen LogP contribution is -2.43. The fourth-order valence-electron chi connectivity index (χ4n) is 2.29. The van der Waals surface area contributed by atoms with Gasteiger partial charge in [0.05, 0.1) is 17.8 Å². The molecule has 2 rings (SSSR count). The van der Waals surface area contributed by atoms with Crippen LogP contribution in [0.1, 0.15) is 36.8 Å². The molecule has 0 saturated carbocycles. The summed E-state index contributed by atoms with van der Waals surface area (Å²) in [6.45, 7) is 2.56. The second-order valence-corrected chi connectivity index (χ2v) is 4.58. The maximum Gasteiger partial charge on any atom is 0.241 e. The third-order valence-electron chi connectivity index (χ3n) is 3.17. The SMILES string of the molecule is C#CCC(N)C(=O)N1CCCC1c1cc(C)no1. The molecule has 18 heavy (non-hydrogen) atoms. The first-order chi connectivity index (χ1) is 8.63. The molecule has 0 radical (unpaired) electrons. The minimum absolute atomic E-state index is 0.0532. The minimum atomic E-state index is -0.625. The number of carbonyl (C=O) groups is 1. The second-order valence-electron chi connectivity index (χ2n) is 4.58. The topological polar surface area (TPSA) is 72.4 Å². The summed E-state index contributed by atoms with van der Waals surface area (Å²) in [5.74, 6) is 3.04. The van der Waals surface area contributed by atoms with Crippen LogP contribution in [0.25, 0.3) is 0 Å². The molecular weight excluding hydrogens is 230 g/mol. The van der Waals surface area contributed by atoms with Crippen LogP contribution < -0.4 is 5.73 Å². The smallest absolute Gasteiger partial charge is 0.241 e. The number of aryl methyl sites for hydroxylation is 1.